The highest BCUT2D eigenvalue weighted by atomic mass is 16.6. The van der Waals surface area contributed by atoms with Crippen molar-refractivity contribution >= 4 is 22.8 Å². The standard InChI is InChI=1S/C20H24N2O3.C2H6/c1-13-9-10-17(16-8-6-5-7-15(13)16)18(23)22-11-14(12-22)21-19(24)25-20(2,3)4;1-2/h5-10,14H,11-12H2,1-4H3,(H,21,24);1-2H3. The molecule has 3 rings (SSSR count). The normalized spacial score (nSPS) is 14.1. The largest absolute Gasteiger partial charge is 0.444 e. The number of nitrogens with zero attached hydrogens (tertiary/aromatic N) is 1. The number of carbonyl (C=O) groups excluding carboxylic acids is 2. The number of carbonyl (C=O) groups is 2. The van der Waals surface area contributed by atoms with Crippen LogP contribution in [0.2, 0.25) is 0 Å². The van der Waals surface area contributed by atoms with E-state index in [0.717, 1.165) is 16.3 Å². The summed E-state index contributed by atoms with van der Waals surface area (Å²) in [6.07, 6.45) is -0.439. The van der Waals surface area contributed by atoms with Gasteiger partial charge in [-0.15, -0.1) is 0 Å². The summed E-state index contributed by atoms with van der Waals surface area (Å²) in [4.78, 5) is 26.3. The molecule has 0 aliphatic carbocycles. The predicted molar refractivity (Wildman–Crippen MR) is 109 cm³/mol. The topological polar surface area (TPSA) is 58.6 Å². The van der Waals surface area contributed by atoms with E-state index in [1.54, 1.807) is 4.90 Å². The zero-order valence-electron chi connectivity index (χ0n) is 17.1. The van der Waals surface area contributed by atoms with Gasteiger partial charge in [0.25, 0.3) is 5.91 Å². The Bertz CT molecular complexity index is 818. The Morgan fingerprint density at radius 2 is 1.63 bits per heavy atom. The molecule has 2 aromatic carbocycles. The Balaban J connectivity index is 0.00000126. The van der Waals surface area contributed by atoms with Gasteiger partial charge in [-0.2, -0.15) is 0 Å². The van der Waals surface area contributed by atoms with Crippen LogP contribution in [0.15, 0.2) is 36.4 Å². The fraction of sp³-hybridized carbons (Fsp3) is 0.455. The first-order valence-corrected chi connectivity index (χ1v) is 9.52. The summed E-state index contributed by atoms with van der Waals surface area (Å²) in [6.45, 7) is 12.5. The average Bonchev–Trinajstić information content (AvgIpc) is 2.58. The molecule has 1 aliphatic heterocycles. The van der Waals surface area contributed by atoms with Gasteiger partial charge >= 0.3 is 6.09 Å². The molecule has 1 N–H and O–H groups in total. The van der Waals surface area contributed by atoms with E-state index < -0.39 is 11.7 Å². The molecule has 0 spiro atoms. The van der Waals surface area contributed by atoms with Crippen molar-refractivity contribution in [2.45, 2.75) is 53.2 Å². The first kappa shape index (κ1) is 20.7. The van der Waals surface area contributed by atoms with Crippen molar-refractivity contribution in [3.63, 3.8) is 0 Å². The highest BCUT2D eigenvalue weighted by Gasteiger charge is 2.33. The highest BCUT2D eigenvalue weighted by Crippen LogP contribution is 2.25. The summed E-state index contributed by atoms with van der Waals surface area (Å²) in [5.74, 6) is -0.00145. The molecule has 1 saturated heterocycles. The number of alkyl carbamates (subject to hydrolysis) is 1. The summed E-state index contributed by atoms with van der Waals surface area (Å²) < 4.78 is 5.24. The Kier molecular flexibility index (Phi) is 6.47. The van der Waals surface area contributed by atoms with Gasteiger partial charge in [-0.05, 0) is 50.1 Å². The lowest BCUT2D eigenvalue weighted by Gasteiger charge is -2.39. The molecule has 1 aliphatic rings. The molecule has 5 nitrogen and oxygen atoms in total. The van der Waals surface area contributed by atoms with E-state index in [-0.39, 0.29) is 11.9 Å². The van der Waals surface area contributed by atoms with Gasteiger partial charge in [-0.1, -0.05) is 44.2 Å². The lowest BCUT2D eigenvalue weighted by Crippen LogP contribution is -2.61. The molecule has 27 heavy (non-hydrogen) atoms. The van der Waals surface area contributed by atoms with Crippen molar-refractivity contribution in [2.75, 3.05) is 13.1 Å². The number of rotatable bonds is 2. The maximum absolute atomic E-state index is 12.8. The van der Waals surface area contributed by atoms with E-state index in [2.05, 4.69) is 5.32 Å². The van der Waals surface area contributed by atoms with Crippen LogP contribution in [0.4, 0.5) is 4.79 Å². The van der Waals surface area contributed by atoms with Crippen LogP contribution in [0.1, 0.15) is 50.5 Å². The summed E-state index contributed by atoms with van der Waals surface area (Å²) in [6, 6.07) is 11.7. The molecule has 1 heterocycles. The third-order valence-electron chi connectivity index (χ3n) is 4.26. The Hall–Kier alpha value is -2.56. The zero-order chi connectivity index (χ0) is 20.2. The minimum atomic E-state index is -0.524. The molecule has 5 heteroatoms. The van der Waals surface area contributed by atoms with Crippen molar-refractivity contribution in [3.05, 3.63) is 47.5 Å². The van der Waals surface area contributed by atoms with Gasteiger partial charge in [0.15, 0.2) is 0 Å². The molecule has 0 aromatic heterocycles. The summed E-state index contributed by atoms with van der Waals surface area (Å²) in [5.41, 5.74) is 1.33. The number of amides is 2. The van der Waals surface area contributed by atoms with Crippen molar-refractivity contribution in [1.29, 1.82) is 0 Å². The number of likely N-dealkylation sites (tertiary alicyclic amines) is 1. The number of benzene rings is 2. The number of hydrogen-bond donors (Lipinski definition) is 1. The summed E-state index contributed by atoms with van der Waals surface area (Å²) >= 11 is 0. The van der Waals surface area contributed by atoms with E-state index in [0.29, 0.717) is 18.7 Å². The maximum Gasteiger partial charge on any atom is 0.407 e. The lowest BCUT2D eigenvalue weighted by molar-refractivity contribution is 0.0360. The second-order valence-electron chi connectivity index (χ2n) is 7.53. The molecule has 2 amide bonds. The highest BCUT2D eigenvalue weighted by molar-refractivity contribution is 6.08. The van der Waals surface area contributed by atoms with Gasteiger partial charge < -0.3 is 15.0 Å². The minimum absolute atomic E-state index is 0.00145. The summed E-state index contributed by atoms with van der Waals surface area (Å²) in [5, 5.41) is 4.86. The van der Waals surface area contributed by atoms with Crippen LogP contribution < -0.4 is 5.32 Å². The van der Waals surface area contributed by atoms with Crippen LogP contribution in [-0.4, -0.2) is 41.6 Å². The van der Waals surface area contributed by atoms with Gasteiger partial charge in [0.1, 0.15) is 5.60 Å². The van der Waals surface area contributed by atoms with Crippen molar-refractivity contribution in [3.8, 4) is 0 Å². The molecule has 0 saturated carbocycles. The van der Waals surface area contributed by atoms with Gasteiger partial charge in [-0.3, -0.25) is 4.79 Å². The Morgan fingerprint density at radius 3 is 2.22 bits per heavy atom. The molecule has 0 radical (unpaired) electrons. The van der Waals surface area contributed by atoms with Crippen LogP contribution in [0.25, 0.3) is 10.8 Å². The molecular formula is C22H30N2O3. The molecular weight excluding hydrogens is 340 g/mol. The number of hydrogen-bond acceptors (Lipinski definition) is 3. The van der Waals surface area contributed by atoms with Crippen LogP contribution in [-0.2, 0) is 4.74 Å². The van der Waals surface area contributed by atoms with Crippen LogP contribution in [0.3, 0.4) is 0 Å². The van der Waals surface area contributed by atoms with E-state index >= 15 is 0 Å². The van der Waals surface area contributed by atoms with E-state index in [1.807, 2.05) is 77.9 Å². The van der Waals surface area contributed by atoms with Gasteiger partial charge in [-0.25, -0.2) is 4.79 Å². The minimum Gasteiger partial charge on any atom is -0.444 e. The van der Waals surface area contributed by atoms with E-state index in [1.165, 1.54) is 0 Å². The third-order valence-corrected chi connectivity index (χ3v) is 4.26. The van der Waals surface area contributed by atoms with Crippen molar-refractivity contribution in [1.82, 2.24) is 10.2 Å². The summed E-state index contributed by atoms with van der Waals surface area (Å²) in [7, 11) is 0. The second-order valence-corrected chi connectivity index (χ2v) is 7.53. The first-order chi connectivity index (χ1) is 12.7. The van der Waals surface area contributed by atoms with Crippen LogP contribution in [0, 0.1) is 6.92 Å². The number of aryl methyl sites for hydroxylation is 1. The zero-order valence-corrected chi connectivity index (χ0v) is 17.1. The maximum atomic E-state index is 12.8. The van der Waals surface area contributed by atoms with Gasteiger partial charge in [0, 0.05) is 18.7 Å². The van der Waals surface area contributed by atoms with Crippen LogP contribution in [0.5, 0.6) is 0 Å². The molecule has 0 unspecified atom stereocenters. The predicted octanol–water partition coefficient (Wildman–Crippen LogP) is 4.52. The molecule has 1 fully saturated rings. The SMILES string of the molecule is CC.Cc1ccc(C(=O)N2CC(NC(=O)OC(C)(C)C)C2)c2ccccc12. The number of ether oxygens (including phenoxy) is 1. The fourth-order valence-electron chi connectivity index (χ4n) is 3.02. The number of fused-ring (bicyclic) bond motifs is 1. The molecule has 0 atom stereocenters. The van der Waals surface area contributed by atoms with Crippen LogP contribution >= 0.6 is 0 Å². The molecule has 0 bridgehead atoms. The van der Waals surface area contributed by atoms with Crippen molar-refractivity contribution in [2.24, 2.45) is 0 Å². The third kappa shape index (κ3) is 5.00. The lowest BCUT2D eigenvalue weighted by atomic mass is 9.98. The average molecular weight is 370 g/mol. The smallest absolute Gasteiger partial charge is 0.407 e. The van der Waals surface area contributed by atoms with Crippen molar-refractivity contribution < 1.29 is 14.3 Å². The Labute approximate surface area is 161 Å². The quantitative estimate of drug-likeness (QED) is 0.845. The van der Waals surface area contributed by atoms with Gasteiger partial charge in [0.2, 0.25) is 0 Å². The molecule has 146 valence electrons. The second kappa shape index (κ2) is 8.42. The fourth-order valence-corrected chi connectivity index (χ4v) is 3.02. The monoisotopic (exact) mass is 370 g/mol. The first-order valence-electron chi connectivity index (χ1n) is 9.52. The molecule has 2 aromatic rings. The van der Waals surface area contributed by atoms with E-state index in [9.17, 15) is 9.59 Å². The van der Waals surface area contributed by atoms with Gasteiger partial charge in [0.05, 0.1) is 6.04 Å². The Morgan fingerprint density at radius 1 is 1.04 bits per heavy atom. The van der Waals surface area contributed by atoms with E-state index in [4.69, 9.17) is 4.74 Å². The number of nitrogens with one attached hydrogen (secondary N) is 1.